The summed E-state index contributed by atoms with van der Waals surface area (Å²) in [5.74, 6) is -0.587. The van der Waals surface area contributed by atoms with Gasteiger partial charge in [-0.05, 0) is 18.6 Å². The number of β-amino-alcohol motifs (C(OH)–C–C–N with tert-alkyl or cyclic N) is 1. The van der Waals surface area contributed by atoms with Crippen LogP contribution in [0.3, 0.4) is 0 Å². The smallest absolute Gasteiger partial charge is 0.261 e. The number of hydrogen-bond donors (Lipinski definition) is 1. The lowest BCUT2D eigenvalue weighted by atomic mass is 10.1. The second-order valence-electron chi connectivity index (χ2n) is 5.27. The number of imide groups is 1. The third kappa shape index (κ3) is 3.07. The molecule has 4 nitrogen and oxygen atoms in total. The highest BCUT2D eigenvalue weighted by molar-refractivity contribution is 6.21. The zero-order valence-electron chi connectivity index (χ0n) is 11.8. The van der Waals surface area contributed by atoms with Crippen molar-refractivity contribution in [3.05, 3.63) is 35.4 Å². The number of aliphatic hydroxyl groups is 1. The normalized spacial score (nSPS) is 15.6. The van der Waals surface area contributed by atoms with E-state index in [1.807, 2.05) is 0 Å². The molecular formula is C16H21NO3. The van der Waals surface area contributed by atoms with Gasteiger partial charge in [-0.3, -0.25) is 14.5 Å². The quantitative estimate of drug-likeness (QED) is 0.614. The highest BCUT2D eigenvalue weighted by Gasteiger charge is 2.35. The number of fused-ring (bicyclic) bond motifs is 1. The predicted octanol–water partition coefficient (Wildman–Crippen LogP) is 2.61. The van der Waals surface area contributed by atoms with Crippen LogP contribution >= 0.6 is 0 Å². The summed E-state index contributed by atoms with van der Waals surface area (Å²) in [5, 5.41) is 9.98. The Labute approximate surface area is 119 Å². The van der Waals surface area contributed by atoms with Gasteiger partial charge in [-0.2, -0.15) is 0 Å². The molecule has 2 amide bonds. The van der Waals surface area contributed by atoms with Gasteiger partial charge in [-0.25, -0.2) is 0 Å². The maximum atomic E-state index is 12.1. The molecule has 20 heavy (non-hydrogen) atoms. The molecule has 0 saturated heterocycles. The van der Waals surface area contributed by atoms with E-state index in [4.69, 9.17) is 0 Å². The van der Waals surface area contributed by atoms with Crippen LogP contribution < -0.4 is 0 Å². The first-order valence-electron chi connectivity index (χ1n) is 7.28. The summed E-state index contributed by atoms with van der Waals surface area (Å²) in [6.45, 7) is 2.23. The Morgan fingerprint density at radius 2 is 1.65 bits per heavy atom. The minimum absolute atomic E-state index is 0.0957. The van der Waals surface area contributed by atoms with Crippen molar-refractivity contribution in [3.63, 3.8) is 0 Å². The Balaban J connectivity index is 1.91. The van der Waals surface area contributed by atoms with Crippen molar-refractivity contribution >= 4 is 11.8 Å². The van der Waals surface area contributed by atoms with E-state index in [1.165, 1.54) is 0 Å². The van der Waals surface area contributed by atoms with Crippen LogP contribution in [0, 0.1) is 0 Å². The molecule has 1 atom stereocenters. The number of aliphatic hydroxyl groups excluding tert-OH is 1. The van der Waals surface area contributed by atoms with Gasteiger partial charge in [0.1, 0.15) is 0 Å². The number of nitrogens with zero attached hydrogens (tertiary/aromatic N) is 1. The summed E-state index contributed by atoms with van der Waals surface area (Å²) in [7, 11) is 0. The SMILES string of the molecule is CCCCCC[C@@H](O)CN1C(=O)c2ccccc2C1=O. The van der Waals surface area contributed by atoms with E-state index in [0.29, 0.717) is 17.5 Å². The number of carbonyl (C=O) groups is 2. The van der Waals surface area contributed by atoms with Crippen molar-refractivity contribution < 1.29 is 14.7 Å². The topological polar surface area (TPSA) is 57.6 Å². The van der Waals surface area contributed by atoms with Gasteiger partial charge < -0.3 is 5.11 Å². The van der Waals surface area contributed by atoms with Gasteiger partial charge in [0.15, 0.2) is 0 Å². The molecule has 0 unspecified atom stereocenters. The van der Waals surface area contributed by atoms with Crippen LogP contribution in [0.4, 0.5) is 0 Å². The van der Waals surface area contributed by atoms with Crippen molar-refractivity contribution in [1.82, 2.24) is 4.90 Å². The Bertz CT molecular complexity index is 463. The molecule has 0 radical (unpaired) electrons. The lowest BCUT2D eigenvalue weighted by Crippen LogP contribution is -2.36. The van der Waals surface area contributed by atoms with Gasteiger partial charge >= 0.3 is 0 Å². The van der Waals surface area contributed by atoms with Gasteiger partial charge in [0.2, 0.25) is 0 Å². The summed E-state index contributed by atoms with van der Waals surface area (Å²) in [6.07, 6.45) is 4.31. The van der Waals surface area contributed by atoms with Crippen LogP contribution in [0.25, 0.3) is 0 Å². The first-order chi connectivity index (χ1) is 9.65. The monoisotopic (exact) mass is 275 g/mol. The molecule has 1 aliphatic rings. The highest BCUT2D eigenvalue weighted by atomic mass is 16.3. The Morgan fingerprint density at radius 1 is 1.05 bits per heavy atom. The van der Waals surface area contributed by atoms with Gasteiger partial charge in [0.25, 0.3) is 11.8 Å². The minimum atomic E-state index is -0.630. The Kier molecular flexibility index (Phi) is 4.90. The number of carbonyl (C=O) groups excluding carboxylic acids is 2. The molecule has 1 aromatic carbocycles. The van der Waals surface area contributed by atoms with Crippen LogP contribution in [0.2, 0.25) is 0 Å². The van der Waals surface area contributed by atoms with Gasteiger partial charge in [0, 0.05) is 0 Å². The summed E-state index contributed by atoms with van der Waals surface area (Å²) in [4.78, 5) is 25.4. The lowest BCUT2D eigenvalue weighted by Gasteiger charge is -2.18. The van der Waals surface area contributed by atoms with Gasteiger partial charge in [0.05, 0.1) is 23.8 Å². The molecule has 0 saturated carbocycles. The first-order valence-corrected chi connectivity index (χ1v) is 7.28. The van der Waals surface area contributed by atoms with Crippen LogP contribution in [0.5, 0.6) is 0 Å². The van der Waals surface area contributed by atoms with E-state index in [9.17, 15) is 14.7 Å². The largest absolute Gasteiger partial charge is 0.391 e. The Hall–Kier alpha value is -1.68. The van der Waals surface area contributed by atoms with Crippen LogP contribution in [-0.4, -0.2) is 34.5 Å². The van der Waals surface area contributed by atoms with E-state index >= 15 is 0 Å². The average molecular weight is 275 g/mol. The van der Waals surface area contributed by atoms with Crippen molar-refractivity contribution in [3.8, 4) is 0 Å². The number of unbranched alkanes of at least 4 members (excludes halogenated alkanes) is 3. The summed E-state index contributed by atoms with van der Waals surface area (Å²) in [6, 6.07) is 6.80. The molecule has 1 aromatic rings. The number of rotatable bonds is 7. The molecule has 1 aliphatic heterocycles. The van der Waals surface area contributed by atoms with Crippen molar-refractivity contribution in [2.45, 2.75) is 45.1 Å². The van der Waals surface area contributed by atoms with E-state index in [2.05, 4.69) is 6.92 Å². The van der Waals surface area contributed by atoms with Crippen LogP contribution in [-0.2, 0) is 0 Å². The van der Waals surface area contributed by atoms with Crippen LogP contribution in [0.15, 0.2) is 24.3 Å². The van der Waals surface area contributed by atoms with E-state index < -0.39 is 6.10 Å². The second-order valence-corrected chi connectivity index (χ2v) is 5.27. The fourth-order valence-corrected chi connectivity index (χ4v) is 2.51. The fourth-order valence-electron chi connectivity index (χ4n) is 2.51. The second kappa shape index (κ2) is 6.66. The van der Waals surface area contributed by atoms with E-state index in [0.717, 1.165) is 30.6 Å². The zero-order chi connectivity index (χ0) is 14.5. The van der Waals surface area contributed by atoms with Crippen molar-refractivity contribution in [2.75, 3.05) is 6.54 Å². The predicted molar refractivity (Wildman–Crippen MR) is 76.6 cm³/mol. The van der Waals surface area contributed by atoms with Crippen LogP contribution in [0.1, 0.15) is 59.7 Å². The number of benzene rings is 1. The summed E-state index contributed by atoms with van der Waals surface area (Å²) in [5.41, 5.74) is 0.881. The third-order valence-electron chi connectivity index (χ3n) is 3.66. The lowest BCUT2D eigenvalue weighted by molar-refractivity contribution is 0.0530. The molecular weight excluding hydrogens is 254 g/mol. The maximum absolute atomic E-state index is 12.1. The summed E-state index contributed by atoms with van der Waals surface area (Å²) >= 11 is 0. The maximum Gasteiger partial charge on any atom is 0.261 e. The van der Waals surface area contributed by atoms with E-state index in [1.54, 1.807) is 24.3 Å². The molecule has 0 spiro atoms. The van der Waals surface area contributed by atoms with Crippen molar-refractivity contribution in [1.29, 1.82) is 0 Å². The molecule has 1 N–H and O–H groups in total. The van der Waals surface area contributed by atoms with Gasteiger partial charge in [-0.1, -0.05) is 44.7 Å². The average Bonchev–Trinajstić information content (AvgIpc) is 2.69. The molecule has 0 bridgehead atoms. The highest BCUT2D eigenvalue weighted by Crippen LogP contribution is 2.23. The minimum Gasteiger partial charge on any atom is -0.391 e. The summed E-state index contributed by atoms with van der Waals surface area (Å²) < 4.78 is 0. The standard InChI is InChI=1S/C16H21NO3/c1-2-3-4-5-8-12(18)11-17-15(19)13-9-6-7-10-14(13)16(17)20/h6-7,9-10,12,18H,2-5,8,11H2,1H3/t12-/m1/s1. The van der Waals surface area contributed by atoms with E-state index in [-0.39, 0.29) is 18.4 Å². The Morgan fingerprint density at radius 3 is 2.20 bits per heavy atom. The molecule has 4 heteroatoms. The van der Waals surface area contributed by atoms with Gasteiger partial charge in [-0.15, -0.1) is 0 Å². The molecule has 1 heterocycles. The first kappa shape index (κ1) is 14.7. The fraction of sp³-hybridized carbons (Fsp3) is 0.500. The molecule has 0 aromatic heterocycles. The molecule has 0 aliphatic carbocycles. The number of amides is 2. The molecule has 0 fully saturated rings. The molecule has 108 valence electrons. The zero-order valence-corrected chi connectivity index (χ0v) is 11.8. The molecule has 2 rings (SSSR count). The number of hydrogen-bond acceptors (Lipinski definition) is 3. The third-order valence-corrected chi connectivity index (χ3v) is 3.66. The van der Waals surface area contributed by atoms with Crippen molar-refractivity contribution in [2.24, 2.45) is 0 Å².